The molecule has 0 unspecified atom stereocenters. The molecule has 18 rings (SSSR count). The highest BCUT2D eigenvalue weighted by atomic mass is 15.3. The molecule has 0 aliphatic carbocycles. The second-order valence-electron chi connectivity index (χ2n) is 22.4. The molecule has 87 heavy (non-hydrogen) atoms. The molecule has 3 aromatic heterocycles. The van der Waals surface area contributed by atoms with Gasteiger partial charge in [-0.25, -0.2) is 0 Å². The predicted octanol–water partition coefficient (Wildman–Crippen LogP) is 21.4. The maximum atomic E-state index is 11.5. The number of rotatable bonds is 7. The molecule has 0 atom stereocenters. The van der Waals surface area contributed by atoms with Crippen molar-refractivity contribution in [3.63, 3.8) is 0 Å². The van der Waals surface area contributed by atoms with E-state index < -0.39 is 0 Å². The van der Waals surface area contributed by atoms with Crippen LogP contribution in [0.4, 0.5) is 68.2 Å². The van der Waals surface area contributed by atoms with Gasteiger partial charge in [0.05, 0.1) is 107 Å². The Bertz CT molecular complexity index is 5110. The van der Waals surface area contributed by atoms with Gasteiger partial charge in [-0.05, 0) is 146 Å². The summed E-state index contributed by atoms with van der Waals surface area (Å²) in [7, 11) is 0. The van der Waals surface area contributed by atoms with Gasteiger partial charge in [-0.2, -0.15) is 5.26 Å². The van der Waals surface area contributed by atoms with E-state index >= 15 is 0 Å². The summed E-state index contributed by atoms with van der Waals surface area (Å²) in [5, 5.41) is 18.2. The summed E-state index contributed by atoms with van der Waals surface area (Å²) in [6.45, 7) is 0. The lowest BCUT2D eigenvalue weighted by Crippen LogP contribution is -2.23. The van der Waals surface area contributed by atoms with E-state index in [0.29, 0.717) is 5.56 Å². The highest BCUT2D eigenvalue weighted by Crippen LogP contribution is 2.57. The maximum absolute atomic E-state index is 11.5. The minimum Gasteiger partial charge on any atom is -0.307 e. The summed E-state index contributed by atoms with van der Waals surface area (Å²) in [4.78, 5) is 9.54. The van der Waals surface area contributed by atoms with Crippen LogP contribution < -0.4 is 19.6 Å². The van der Waals surface area contributed by atoms with Gasteiger partial charge < -0.3 is 33.3 Å². The maximum Gasteiger partial charge on any atom is 0.0993 e. The molecular weight excluding hydrogens is 1060 g/mol. The Hall–Kier alpha value is -12.1. The van der Waals surface area contributed by atoms with Crippen molar-refractivity contribution in [3.8, 4) is 23.1 Å². The van der Waals surface area contributed by atoms with Crippen molar-refractivity contribution in [2.24, 2.45) is 0 Å². The first-order valence-electron chi connectivity index (χ1n) is 29.5. The molecular formula is C79H50N8. The van der Waals surface area contributed by atoms with Gasteiger partial charge in [-0.3, -0.25) is 0 Å². The van der Waals surface area contributed by atoms with Gasteiger partial charge in [-0.15, -0.1) is 0 Å². The molecule has 406 valence electrons. The van der Waals surface area contributed by atoms with E-state index in [0.717, 1.165) is 151 Å². The molecule has 0 saturated heterocycles. The predicted molar refractivity (Wildman–Crippen MR) is 360 cm³/mol. The number of para-hydroxylation sites is 14. The Balaban J connectivity index is 0.893. The highest BCUT2D eigenvalue weighted by molar-refractivity contribution is 6.16. The van der Waals surface area contributed by atoms with Crippen LogP contribution in [0.1, 0.15) is 5.56 Å². The summed E-state index contributed by atoms with van der Waals surface area (Å²) < 4.78 is 7.26. The summed E-state index contributed by atoms with van der Waals surface area (Å²) in [6.07, 6.45) is 0. The topological polar surface area (TPSA) is 51.5 Å². The molecule has 5 heterocycles. The van der Waals surface area contributed by atoms with E-state index in [1.54, 1.807) is 0 Å². The zero-order valence-corrected chi connectivity index (χ0v) is 46.9. The number of benzene rings is 13. The van der Waals surface area contributed by atoms with Gasteiger partial charge in [0.15, 0.2) is 0 Å². The summed E-state index contributed by atoms with van der Waals surface area (Å²) in [5.74, 6) is 0. The second-order valence-corrected chi connectivity index (χ2v) is 22.4. The number of nitriles is 1. The van der Waals surface area contributed by atoms with Gasteiger partial charge in [-0.1, -0.05) is 158 Å². The van der Waals surface area contributed by atoms with Crippen molar-refractivity contribution in [3.05, 3.63) is 309 Å². The lowest BCUT2D eigenvalue weighted by molar-refractivity contribution is 1.05. The molecule has 0 N–H and O–H groups in total. The van der Waals surface area contributed by atoms with Crippen LogP contribution in [0.25, 0.3) is 82.5 Å². The zero-order chi connectivity index (χ0) is 57.3. The van der Waals surface area contributed by atoms with Crippen molar-refractivity contribution in [1.82, 2.24) is 13.7 Å². The van der Waals surface area contributed by atoms with Crippen molar-refractivity contribution in [2.75, 3.05) is 19.6 Å². The van der Waals surface area contributed by atoms with Crippen molar-refractivity contribution < 1.29 is 0 Å². The minimum atomic E-state index is 0.545. The van der Waals surface area contributed by atoms with E-state index in [1.165, 1.54) is 0 Å². The van der Waals surface area contributed by atoms with E-state index in [2.05, 4.69) is 343 Å². The molecule has 8 heteroatoms. The number of fused-ring (bicyclic) bond motifs is 13. The molecule has 0 fully saturated rings. The fourth-order valence-corrected chi connectivity index (χ4v) is 14.3. The van der Waals surface area contributed by atoms with Crippen LogP contribution in [-0.4, -0.2) is 13.7 Å². The van der Waals surface area contributed by atoms with Crippen LogP contribution in [0.2, 0.25) is 0 Å². The monoisotopic (exact) mass is 1110 g/mol. The Kier molecular flexibility index (Phi) is 10.6. The van der Waals surface area contributed by atoms with Crippen LogP contribution in [0.15, 0.2) is 303 Å². The molecule has 16 aromatic rings. The lowest BCUT2D eigenvalue weighted by Gasteiger charge is -2.40. The summed E-state index contributed by atoms with van der Waals surface area (Å²) in [5.41, 5.74) is 22.5. The molecule has 2 aliphatic heterocycles. The van der Waals surface area contributed by atoms with Crippen molar-refractivity contribution in [2.45, 2.75) is 0 Å². The first-order valence-corrected chi connectivity index (χ1v) is 29.5. The Labute approximate surface area is 501 Å². The number of aromatic nitrogens is 3. The van der Waals surface area contributed by atoms with Crippen LogP contribution in [0.5, 0.6) is 0 Å². The number of hydrogen-bond donors (Lipinski definition) is 0. The number of hydrogen-bond acceptors (Lipinski definition) is 5. The first-order chi connectivity index (χ1) is 43.2. The van der Waals surface area contributed by atoms with Gasteiger partial charge in [0.2, 0.25) is 0 Å². The molecule has 0 amide bonds. The second kappa shape index (κ2) is 19.0. The summed E-state index contributed by atoms with van der Waals surface area (Å²) in [6, 6.07) is 112. The zero-order valence-electron chi connectivity index (χ0n) is 46.9. The molecule has 8 nitrogen and oxygen atoms in total. The SMILES string of the molecule is N#Cc1cc(-n2c3ccccc3c3cc(N4c5ccccc5N(c5ccccc5)c5ccccc54)ccc32)c(-n2c3ccccc3c3ccccc32)c(-n2c3ccccc3c3cc(N4c5ccccc5N(c5ccccc5)c5ccccc54)ccc32)c1. The first kappa shape index (κ1) is 48.5. The largest absolute Gasteiger partial charge is 0.307 e. The van der Waals surface area contributed by atoms with E-state index in [4.69, 9.17) is 0 Å². The fourth-order valence-electron chi connectivity index (χ4n) is 14.3. The van der Waals surface area contributed by atoms with Gasteiger partial charge in [0.1, 0.15) is 0 Å². The van der Waals surface area contributed by atoms with Crippen LogP contribution in [-0.2, 0) is 0 Å². The molecule has 0 spiro atoms. The van der Waals surface area contributed by atoms with Crippen molar-refractivity contribution >= 4 is 134 Å². The normalized spacial score (nSPS) is 12.7. The molecule has 0 bridgehead atoms. The third-order valence-electron chi connectivity index (χ3n) is 17.8. The highest BCUT2D eigenvalue weighted by Gasteiger charge is 2.34. The lowest BCUT2D eigenvalue weighted by atomic mass is 10.0. The number of anilines is 12. The molecule has 0 saturated carbocycles. The van der Waals surface area contributed by atoms with Gasteiger partial charge in [0, 0.05) is 55.1 Å². The quantitative estimate of drug-likeness (QED) is 0.159. The van der Waals surface area contributed by atoms with Gasteiger partial charge >= 0.3 is 0 Å². The fraction of sp³-hybridized carbons (Fsp3) is 0. The van der Waals surface area contributed by atoms with Crippen LogP contribution in [0, 0.1) is 11.3 Å². The minimum absolute atomic E-state index is 0.545. The van der Waals surface area contributed by atoms with E-state index in [-0.39, 0.29) is 0 Å². The smallest absolute Gasteiger partial charge is 0.0993 e. The molecule has 0 radical (unpaired) electrons. The Morgan fingerprint density at radius 1 is 0.207 bits per heavy atom. The summed E-state index contributed by atoms with van der Waals surface area (Å²) >= 11 is 0. The average Bonchev–Trinajstić information content (AvgIpc) is 1.75. The van der Waals surface area contributed by atoms with Crippen molar-refractivity contribution in [1.29, 1.82) is 5.26 Å². The van der Waals surface area contributed by atoms with E-state index in [1.807, 2.05) is 0 Å². The Morgan fingerprint density at radius 2 is 0.471 bits per heavy atom. The van der Waals surface area contributed by atoms with Crippen LogP contribution in [0.3, 0.4) is 0 Å². The van der Waals surface area contributed by atoms with E-state index in [9.17, 15) is 5.26 Å². The Morgan fingerprint density at radius 3 is 0.805 bits per heavy atom. The average molecular weight is 1110 g/mol. The molecule has 13 aromatic carbocycles. The van der Waals surface area contributed by atoms with Crippen LogP contribution >= 0.6 is 0 Å². The third kappa shape index (κ3) is 7.12. The molecule has 2 aliphatic rings. The number of nitrogens with zero attached hydrogens (tertiary/aromatic N) is 8. The third-order valence-corrected chi connectivity index (χ3v) is 17.8. The van der Waals surface area contributed by atoms with Gasteiger partial charge in [0.25, 0.3) is 0 Å². The standard InChI is InChI=1S/C79H50N8/c80-51-52-47-77(85-63-31-11-9-29-59(63)61-49-55(43-45-67(61)85)83-73-39-19-15-35-69(73)81(53-23-3-1-4-24-53)70-36-16-20-40-74(70)83)79(87-65-33-13-7-27-57(65)58-28-8-14-34-66(58)87)78(48-52)86-64-32-12-10-30-60(64)62-50-56(44-46-68(62)86)84-75-41-21-17-37-71(75)82(54-25-5-2-6-26-54)72-38-18-22-42-76(72)84/h1-50H.